The van der Waals surface area contributed by atoms with Gasteiger partial charge in [-0.1, -0.05) is 15.9 Å². The minimum absolute atomic E-state index is 0.0923. The number of amides is 1. The molecule has 1 saturated heterocycles. The van der Waals surface area contributed by atoms with Gasteiger partial charge in [-0.15, -0.1) is 11.3 Å². The highest BCUT2D eigenvalue weighted by atomic mass is 79.9. The average molecular weight is 383 g/mol. The van der Waals surface area contributed by atoms with Gasteiger partial charge in [0.15, 0.2) is 0 Å². The first-order chi connectivity index (χ1) is 10.5. The third-order valence-electron chi connectivity index (χ3n) is 3.80. The van der Waals surface area contributed by atoms with Gasteiger partial charge >= 0.3 is 5.97 Å². The molecule has 0 spiro atoms. The van der Waals surface area contributed by atoms with Crippen LogP contribution in [0.15, 0.2) is 22.7 Å². The minimum Gasteiger partial charge on any atom is -0.480 e. The van der Waals surface area contributed by atoms with E-state index < -0.39 is 12.0 Å². The van der Waals surface area contributed by atoms with E-state index in [0.717, 1.165) is 26.1 Å². The monoisotopic (exact) mass is 382 g/mol. The summed E-state index contributed by atoms with van der Waals surface area (Å²) in [4.78, 5) is 29.4. The van der Waals surface area contributed by atoms with Gasteiger partial charge in [-0.2, -0.15) is 0 Å². The quantitative estimate of drug-likeness (QED) is 0.881. The number of rotatable bonds is 4. The Kier molecular flexibility index (Phi) is 4.44. The maximum absolute atomic E-state index is 12.2. The van der Waals surface area contributed by atoms with Gasteiger partial charge in [-0.3, -0.25) is 4.79 Å². The van der Waals surface area contributed by atoms with Crippen LogP contribution in [0, 0.1) is 0 Å². The topological polar surface area (TPSA) is 70.5 Å². The molecule has 1 aromatic heterocycles. The van der Waals surface area contributed by atoms with Crippen LogP contribution in [-0.4, -0.2) is 39.5 Å². The SMILES string of the molecule is O=C(O)C1CCCN1C(=O)CCc1nc2cc(Br)ccc2s1. The van der Waals surface area contributed by atoms with Gasteiger partial charge in [-0.25, -0.2) is 9.78 Å². The van der Waals surface area contributed by atoms with E-state index in [4.69, 9.17) is 5.11 Å². The Labute approximate surface area is 140 Å². The van der Waals surface area contributed by atoms with Gasteiger partial charge < -0.3 is 10.0 Å². The number of fused-ring (bicyclic) bond motifs is 1. The zero-order valence-corrected chi connectivity index (χ0v) is 14.2. The number of thiazole rings is 1. The molecule has 5 nitrogen and oxygen atoms in total. The molecule has 1 amide bonds. The Morgan fingerprint density at radius 1 is 1.45 bits per heavy atom. The lowest BCUT2D eigenvalue weighted by Crippen LogP contribution is -2.40. The van der Waals surface area contributed by atoms with E-state index >= 15 is 0 Å². The molecule has 1 fully saturated rings. The third kappa shape index (κ3) is 3.15. The molecular formula is C15H15BrN2O3S. The van der Waals surface area contributed by atoms with Gasteiger partial charge in [0.1, 0.15) is 6.04 Å². The number of hydrogen-bond donors (Lipinski definition) is 1. The first-order valence-electron chi connectivity index (χ1n) is 7.12. The highest BCUT2D eigenvalue weighted by molar-refractivity contribution is 9.10. The van der Waals surface area contributed by atoms with Crippen LogP contribution in [0.3, 0.4) is 0 Å². The summed E-state index contributed by atoms with van der Waals surface area (Å²) < 4.78 is 2.07. The number of benzene rings is 1. The van der Waals surface area contributed by atoms with Crippen molar-refractivity contribution in [2.24, 2.45) is 0 Å². The summed E-state index contributed by atoms with van der Waals surface area (Å²) in [7, 11) is 0. The first-order valence-corrected chi connectivity index (χ1v) is 8.73. The van der Waals surface area contributed by atoms with Crippen LogP contribution >= 0.6 is 27.3 Å². The molecular weight excluding hydrogens is 368 g/mol. The Morgan fingerprint density at radius 2 is 2.27 bits per heavy atom. The number of hydrogen-bond acceptors (Lipinski definition) is 4. The molecule has 1 N–H and O–H groups in total. The number of carbonyl (C=O) groups excluding carboxylic acids is 1. The Bertz CT molecular complexity index is 731. The summed E-state index contributed by atoms with van der Waals surface area (Å²) in [6.07, 6.45) is 2.18. The number of halogens is 1. The minimum atomic E-state index is -0.907. The van der Waals surface area contributed by atoms with Gasteiger partial charge in [0.05, 0.1) is 15.2 Å². The molecule has 3 rings (SSSR count). The molecule has 0 aliphatic carbocycles. The van der Waals surface area contributed by atoms with Crippen molar-refractivity contribution in [3.8, 4) is 0 Å². The van der Waals surface area contributed by atoms with Crippen LogP contribution in [0.4, 0.5) is 0 Å². The first kappa shape index (κ1) is 15.4. The number of aryl methyl sites for hydroxylation is 1. The van der Waals surface area contributed by atoms with Crippen molar-refractivity contribution in [2.45, 2.75) is 31.7 Å². The molecule has 116 valence electrons. The Morgan fingerprint density at radius 3 is 3.05 bits per heavy atom. The standard InChI is InChI=1S/C15H15BrN2O3S/c16-9-3-4-12-10(8-9)17-13(22-12)5-6-14(19)18-7-1-2-11(18)15(20)21/h3-4,8,11H,1-2,5-7H2,(H,20,21). The molecule has 7 heteroatoms. The van der Waals surface area contributed by atoms with Gasteiger partial charge in [0.2, 0.25) is 5.91 Å². The molecule has 1 unspecified atom stereocenters. The number of aliphatic carboxylic acids is 1. The molecule has 2 aromatic rings. The van der Waals surface area contributed by atoms with E-state index in [-0.39, 0.29) is 5.91 Å². The largest absolute Gasteiger partial charge is 0.480 e. The molecule has 0 radical (unpaired) electrons. The van der Waals surface area contributed by atoms with Crippen LogP contribution in [0.1, 0.15) is 24.3 Å². The van der Waals surface area contributed by atoms with Crippen molar-refractivity contribution in [2.75, 3.05) is 6.54 Å². The van der Waals surface area contributed by atoms with Gasteiger partial charge in [-0.05, 0) is 31.0 Å². The van der Waals surface area contributed by atoms with Gasteiger partial charge in [0, 0.05) is 23.9 Å². The molecule has 1 aliphatic heterocycles. The molecule has 1 aliphatic rings. The van der Waals surface area contributed by atoms with Crippen molar-refractivity contribution in [1.29, 1.82) is 0 Å². The van der Waals surface area contributed by atoms with E-state index in [9.17, 15) is 9.59 Å². The van der Waals surface area contributed by atoms with Crippen LogP contribution in [0.25, 0.3) is 10.2 Å². The predicted molar refractivity (Wildman–Crippen MR) is 88.0 cm³/mol. The fourth-order valence-corrected chi connectivity index (χ4v) is 4.03. The number of nitrogens with zero attached hydrogens (tertiary/aromatic N) is 2. The van der Waals surface area contributed by atoms with E-state index in [2.05, 4.69) is 20.9 Å². The van der Waals surface area contributed by atoms with Crippen molar-refractivity contribution >= 4 is 49.4 Å². The van der Waals surface area contributed by atoms with E-state index in [1.807, 2.05) is 18.2 Å². The second-order valence-corrected chi connectivity index (χ2v) is 7.33. The van der Waals surface area contributed by atoms with Crippen molar-refractivity contribution < 1.29 is 14.7 Å². The van der Waals surface area contributed by atoms with Gasteiger partial charge in [0.25, 0.3) is 0 Å². The highest BCUT2D eigenvalue weighted by Crippen LogP contribution is 2.26. The maximum Gasteiger partial charge on any atom is 0.326 e. The number of carboxylic acids is 1. The molecule has 0 saturated carbocycles. The predicted octanol–water partition coefficient (Wildman–Crippen LogP) is 3.07. The zero-order valence-electron chi connectivity index (χ0n) is 11.8. The summed E-state index contributed by atoms with van der Waals surface area (Å²) >= 11 is 5.00. The molecule has 22 heavy (non-hydrogen) atoms. The van der Waals surface area contributed by atoms with Crippen molar-refractivity contribution in [3.05, 3.63) is 27.7 Å². The number of likely N-dealkylation sites (tertiary alicyclic amines) is 1. The average Bonchev–Trinajstić information content (AvgIpc) is 3.10. The third-order valence-corrected chi connectivity index (χ3v) is 5.39. The maximum atomic E-state index is 12.2. The molecule has 0 bridgehead atoms. The Hall–Kier alpha value is -1.47. The molecule has 1 atom stereocenters. The lowest BCUT2D eigenvalue weighted by molar-refractivity contribution is -0.148. The zero-order chi connectivity index (χ0) is 15.7. The van der Waals surface area contributed by atoms with E-state index in [1.165, 1.54) is 4.90 Å². The van der Waals surface area contributed by atoms with E-state index in [1.54, 1.807) is 11.3 Å². The van der Waals surface area contributed by atoms with Crippen molar-refractivity contribution in [1.82, 2.24) is 9.88 Å². The Balaban J connectivity index is 1.66. The number of aromatic nitrogens is 1. The summed E-state index contributed by atoms with van der Waals surface area (Å²) in [6, 6.07) is 5.28. The molecule has 1 aromatic carbocycles. The van der Waals surface area contributed by atoms with Crippen LogP contribution < -0.4 is 0 Å². The lowest BCUT2D eigenvalue weighted by Gasteiger charge is -2.21. The smallest absolute Gasteiger partial charge is 0.326 e. The van der Waals surface area contributed by atoms with Crippen LogP contribution in [0.5, 0.6) is 0 Å². The van der Waals surface area contributed by atoms with Crippen LogP contribution in [0.2, 0.25) is 0 Å². The van der Waals surface area contributed by atoms with Crippen molar-refractivity contribution in [3.63, 3.8) is 0 Å². The van der Waals surface area contributed by atoms with Crippen LogP contribution in [-0.2, 0) is 16.0 Å². The molecule has 2 heterocycles. The number of carbonyl (C=O) groups is 2. The fourth-order valence-electron chi connectivity index (χ4n) is 2.73. The lowest BCUT2D eigenvalue weighted by atomic mass is 10.2. The summed E-state index contributed by atoms with van der Waals surface area (Å²) in [6.45, 7) is 0.544. The highest BCUT2D eigenvalue weighted by Gasteiger charge is 2.33. The summed E-state index contributed by atoms with van der Waals surface area (Å²) in [5.74, 6) is -0.999. The second kappa shape index (κ2) is 6.34. The van der Waals surface area contributed by atoms with E-state index in [0.29, 0.717) is 25.8 Å². The summed E-state index contributed by atoms with van der Waals surface area (Å²) in [5, 5.41) is 10.0. The second-order valence-electron chi connectivity index (χ2n) is 5.30. The normalized spacial score (nSPS) is 18.0. The fraction of sp³-hybridized carbons (Fsp3) is 0.400. The number of carboxylic acid groups (broad SMARTS) is 1. The summed E-state index contributed by atoms with van der Waals surface area (Å²) in [5.41, 5.74) is 0.923.